The Morgan fingerprint density at radius 2 is 1.68 bits per heavy atom. The Balaban J connectivity index is 1.66. The molecule has 0 aromatic heterocycles. The first kappa shape index (κ1) is 25.9. The molecule has 2 amide bonds. The van der Waals surface area contributed by atoms with Crippen molar-refractivity contribution in [3.63, 3.8) is 0 Å². The van der Waals surface area contributed by atoms with Crippen LogP contribution in [0.2, 0.25) is 0 Å². The smallest absolute Gasteiger partial charge is 0.243 e. The summed E-state index contributed by atoms with van der Waals surface area (Å²) in [6, 6.07) is 15.4. The molecule has 2 aromatic rings. The van der Waals surface area contributed by atoms with Gasteiger partial charge < -0.3 is 15.3 Å². The van der Waals surface area contributed by atoms with Gasteiger partial charge in [0.1, 0.15) is 6.04 Å². The van der Waals surface area contributed by atoms with Gasteiger partial charge in [0.05, 0.1) is 11.5 Å². The first-order valence-corrected chi connectivity index (χ1v) is 13.1. The maximum Gasteiger partial charge on any atom is 0.243 e. The lowest BCUT2D eigenvalue weighted by Gasteiger charge is -2.29. The fraction of sp³-hybridized carbons (Fsp3) is 0.440. The van der Waals surface area contributed by atoms with Crippen LogP contribution < -0.4 is 5.32 Å². The number of nitrogens with one attached hydrogen (secondary N) is 1. The van der Waals surface area contributed by atoms with Crippen LogP contribution in [0.25, 0.3) is 0 Å². The second kappa shape index (κ2) is 12.1. The Bertz CT molecular complexity index is 1050. The van der Waals surface area contributed by atoms with Crippen LogP contribution in [0.4, 0.5) is 0 Å². The second-order valence-corrected chi connectivity index (χ2v) is 10.4. The zero-order valence-corrected chi connectivity index (χ0v) is 20.3. The van der Waals surface area contributed by atoms with E-state index in [4.69, 9.17) is 5.11 Å². The largest absolute Gasteiger partial charge is 0.395 e. The topological polar surface area (TPSA) is 107 Å². The number of nitrogens with zero attached hydrogens (tertiary/aromatic N) is 2. The zero-order valence-electron chi connectivity index (χ0n) is 19.5. The molecule has 184 valence electrons. The van der Waals surface area contributed by atoms with E-state index in [2.05, 4.69) is 5.32 Å². The third-order valence-corrected chi connectivity index (χ3v) is 7.94. The number of benzene rings is 2. The van der Waals surface area contributed by atoms with Gasteiger partial charge in [-0.1, -0.05) is 42.5 Å². The molecular weight excluding hydrogens is 454 g/mol. The number of carbonyl (C=O) groups is 2. The van der Waals surface area contributed by atoms with Gasteiger partial charge in [-0.15, -0.1) is 0 Å². The molecule has 1 saturated heterocycles. The molecule has 34 heavy (non-hydrogen) atoms. The van der Waals surface area contributed by atoms with Crippen molar-refractivity contribution in [1.29, 1.82) is 0 Å². The monoisotopic (exact) mass is 487 g/mol. The van der Waals surface area contributed by atoms with Gasteiger partial charge in [-0.25, -0.2) is 8.42 Å². The van der Waals surface area contributed by atoms with E-state index >= 15 is 0 Å². The summed E-state index contributed by atoms with van der Waals surface area (Å²) >= 11 is 0. The summed E-state index contributed by atoms with van der Waals surface area (Å²) in [6.45, 7) is 3.03. The highest BCUT2D eigenvalue weighted by Gasteiger charge is 2.28. The summed E-state index contributed by atoms with van der Waals surface area (Å²) in [4.78, 5) is 27.4. The number of hydrogen-bond donors (Lipinski definition) is 2. The highest BCUT2D eigenvalue weighted by Crippen LogP contribution is 2.21. The molecule has 1 aliphatic heterocycles. The van der Waals surface area contributed by atoms with E-state index in [1.807, 2.05) is 30.3 Å². The Hall–Kier alpha value is -2.75. The number of aliphatic hydroxyl groups is 1. The lowest BCUT2D eigenvalue weighted by Crippen LogP contribution is -2.48. The number of rotatable bonds is 11. The molecule has 3 rings (SSSR count). The van der Waals surface area contributed by atoms with Gasteiger partial charge in [0.15, 0.2) is 0 Å². The quantitative estimate of drug-likeness (QED) is 0.504. The molecule has 1 aliphatic rings. The van der Waals surface area contributed by atoms with Gasteiger partial charge in [-0.2, -0.15) is 4.31 Å². The predicted molar refractivity (Wildman–Crippen MR) is 129 cm³/mol. The lowest BCUT2D eigenvalue weighted by molar-refractivity contribution is -0.140. The van der Waals surface area contributed by atoms with Gasteiger partial charge >= 0.3 is 0 Å². The fourth-order valence-electron chi connectivity index (χ4n) is 3.99. The first-order valence-electron chi connectivity index (χ1n) is 11.6. The Morgan fingerprint density at radius 1 is 1.03 bits per heavy atom. The fourth-order valence-corrected chi connectivity index (χ4v) is 5.51. The molecule has 1 heterocycles. The number of carbonyl (C=O) groups excluding carboxylic acids is 2. The van der Waals surface area contributed by atoms with Crippen molar-refractivity contribution in [1.82, 2.24) is 14.5 Å². The van der Waals surface area contributed by atoms with Gasteiger partial charge in [0.2, 0.25) is 21.8 Å². The van der Waals surface area contributed by atoms with Crippen LogP contribution in [0, 0.1) is 0 Å². The highest BCUT2D eigenvalue weighted by atomic mass is 32.2. The number of aryl methyl sites for hydroxylation is 1. The molecule has 0 saturated carbocycles. The van der Waals surface area contributed by atoms with Crippen molar-refractivity contribution >= 4 is 21.8 Å². The molecule has 0 bridgehead atoms. The maximum absolute atomic E-state index is 13.1. The average Bonchev–Trinajstić information content (AvgIpc) is 3.41. The summed E-state index contributed by atoms with van der Waals surface area (Å²) in [6.07, 6.45) is 2.38. The number of aliphatic hydroxyl groups excluding tert-OH is 1. The Morgan fingerprint density at radius 3 is 2.29 bits per heavy atom. The van der Waals surface area contributed by atoms with E-state index in [-0.39, 0.29) is 36.3 Å². The lowest BCUT2D eigenvalue weighted by atomic mass is 10.1. The third-order valence-electron chi connectivity index (χ3n) is 6.03. The van der Waals surface area contributed by atoms with Gasteiger partial charge in [0, 0.05) is 32.6 Å². The molecule has 0 radical (unpaired) electrons. The van der Waals surface area contributed by atoms with E-state index in [0.717, 1.165) is 24.0 Å². The Kier molecular flexibility index (Phi) is 9.20. The number of amides is 2. The molecule has 1 atom stereocenters. The Labute approximate surface area is 201 Å². The summed E-state index contributed by atoms with van der Waals surface area (Å²) in [7, 11) is -3.47. The van der Waals surface area contributed by atoms with Crippen LogP contribution in [-0.4, -0.2) is 66.8 Å². The minimum absolute atomic E-state index is 0.128. The van der Waals surface area contributed by atoms with Gasteiger partial charge in [-0.05, 0) is 49.4 Å². The highest BCUT2D eigenvalue weighted by molar-refractivity contribution is 7.89. The molecule has 1 fully saturated rings. The van der Waals surface area contributed by atoms with E-state index in [1.54, 1.807) is 31.2 Å². The standard InChI is InChI=1S/C25H33N3O5S/c1-20(25(31)26-15-18-29)28(19-22-7-3-2-4-8-22)24(30)14-11-21-9-12-23(13-10-21)34(32,33)27-16-5-6-17-27/h2-4,7-10,12-13,20,29H,5-6,11,14-19H2,1H3,(H,26,31)/t20-/m1/s1. The average molecular weight is 488 g/mol. The molecule has 8 nitrogen and oxygen atoms in total. The second-order valence-electron chi connectivity index (χ2n) is 8.45. The molecular formula is C25H33N3O5S. The molecule has 0 unspecified atom stereocenters. The van der Waals surface area contributed by atoms with Crippen LogP contribution in [0.15, 0.2) is 59.5 Å². The van der Waals surface area contributed by atoms with Crippen molar-refractivity contribution < 1.29 is 23.1 Å². The van der Waals surface area contributed by atoms with E-state index < -0.39 is 16.1 Å². The number of sulfonamides is 1. The summed E-state index contributed by atoms with van der Waals surface area (Å²) in [5, 5.41) is 11.6. The van der Waals surface area contributed by atoms with Crippen LogP contribution >= 0.6 is 0 Å². The summed E-state index contributed by atoms with van der Waals surface area (Å²) in [5.41, 5.74) is 1.76. The molecule has 0 spiro atoms. The molecule has 2 aromatic carbocycles. The molecule has 0 aliphatic carbocycles. The normalized spacial score (nSPS) is 15.1. The minimum atomic E-state index is -3.47. The van der Waals surface area contributed by atoms with Crippen molar-refractivity contribution in [2.24, 2.45) is 0 Å². The van der Waals surface area contributed by atoms with Crippen molar-refractivity contribution in [2.75, 3.05) is 26.2 Å². The van der Waals surface area contributed by atoms with E-state index in [1.165, 1.54) is 9.21 Å². The minimum Gasteiger partial charge on any atom is -0.395 e. The summed E-state index contributed by atoms with van der Waals surface area (Å²) in [5.74, 6) is -0.501. The van der Waals surface area contributed by atoms with E-state index in [9.17, 15) is 18.0 Å². The van der Waals surface area contributed by atoms with E-state index in [0.29, 0.717) is 26.1 Å². The van der Waals surface area contributed by atoms with Gasteiger partial charge in [-0.3, -0.25) is 9.59 Å². The van der Waals surface area contributed by atoms with Crippen LogP contribution in [0.5, 0.6) is 0 Å². The number of hydrogen-bond acceptors (Lipinski definition) is 5. The van der Waals surface area contributed by atoms with Gasteiger partial charge in [0.25, 0.3) is 0 Å². The van der Waals surface area contributed by atoms with Crippen molar-refractivity contribution in [3.05, 3.63) is 65.7 Å². The predicted octanol–water partition coefficient (Wildman–Crippen LogP) is 1.93. The van der Waals surface area contributed by atoms with Crippen LogP contribution in [0.3, 0.4) is 0 Å². The summed E-state index contributed by atoms with van der Waals surface area (Å²) < 4.78 is 26.9. The third kappa shape index (κ3) is 6.65. The van der Waals surface area contributed by atoms with Crippen LogP contribution in [0.1, 0.15) is 37.3 Å². The first-order chi connectivity index (χ1) is 16.3. The maximum atomic E-state index is 13.1. The SMILES string of the molecule is C[C@H](C(=O)NCCO)N(Cc1ccccc1)C(=O)CCc1ccc(S(=O)(=O)N2CCCC2)cc1. The molecule has 9 heteroatoms. The zero-order chi connectivity index (χ0) is 24.6. The van der Waals surface area contributed by atoms with Crippen molar-refractivity contribution in [2.45, 2.75) is 50.1 Å². The van der Waals surface area contributed by atoms with Crippen molar-refractivity contribution in [3.8, 4) is 0 Å². The van der Waals surface area contributed by atoms with Crippen LogP contribution in [-0.2, 0) is 32.6 Å². The molecule has 2 N–H and O–H groups in total.